The minimum atomic E-state index is -0.331. The molecule has 2 heterocycles. The lowest BCUT2D eigenvalue weighted by Gasteiger charge is -2.32. The maximum atomic E-state index is 13.4. The summed E-state index contributed by atoms with van der Waals surface area (Å²) in [6.07, 6.45) is 0. The highest BCUT2D eigenvalue weighted by Gasteiger charge is 2.37. The number of hydrogen-bond donors (Lipinski definition) is 0. The minimum absolute atomic E-state index is 0.0412. The zero-order chi connectivity index (χ0) is 24.4. The summed E-state index contributed by atoms with van der Waals surface area (Å²) >= 11 is 0. The molecule has 3 aromatic rings. The van der Waals surface area contributed by atoms with Gasteiger partial charge in [-0.2, -0.15) is 0 Å². The molecule has 1 saturated heterocycles. The van der Waals surface area contributed by atoms with Crippen molar-refractivity contribution in [3.05, 3.63) is 94.2 Å². The second-order valence-corrected chi connectivity index (χ2v) is 9.93. The quantitative estimate of drug-likeness (QED) is 0.425. The third-order valence-electron chi connectivity index (χ3n) is 7.11. The Hall–Kier alpha value is -2.92. The van der Waals surface area contributed by atoms with Crippen LogP contribution in [0.5, 0.6) is 0 Å². The van der Waals surface area contributed by atoms with Gasteiger partial charge < -0.3 is 9.32 Å². The fourth-order valence-corrected chi connectivity index (χ4v) is 5.12. The molecule has 5 heteroatoms. The van der Waals surface area contributed by atoms with Crippen molar-refractivity contribution in [2.75, 3.05) is 19.6 Å². The Morgan fingerprint density at radius 3 is 2.38 bits per heavy atom. The molecule has 0 N–H and O–H groups in total. The molecular weight excluding hydrogens is 427 g/mol. The number of aryl methyl sites for hydroxylation is 3. The molecule has 34 heavy (non-hydrogen) atoms. The van der Waals surface area contributed by atoms with E-state index in [4.69, 9.17) is 4.42 Å². The molecule has 1 aliphatic heterocycles. The molecule has 4 rings (SSSR count). The van der Waals surface area contributed by atoms with Crippen molar-refractivity contribution in [2.24, 2.45) is 5.92 Å². The number of carbonyl (C=O) groups excluding carboxylic acids is 1. The van der Waals surface area contributed by atoms with Gasteiger partial charge in [0.05, 0.1) is 6.54 Å². The van der Waals surface area contributed by atoms with Gasteiger partial charge in [0, 0.05) is 37.2 Å². The molecule has 0 spiro atoms. The van der Waals surface area contributed by atoms with E-state index in [0.717, 1.165) is 31.2 Å². The number of halogens is 1. The smallest absolute Gasteiger partial charge is 0.254 e. The van der Waals surface area contributed by atoms with Crippen LogP contribution in [0.25, 0.3) is 0 Å². The zero-order valence-corrected chi connectivity index (χ0v) is 20.8. The zero-order valence-electron chi connectivity index (χ0n) is 20.8. The number of likely N-dealkylation sites (tertiary alicyclic amines) is 1. The predicted molar refractivity (Wildman–Crippen MR) is 133 cm³/mol. The van der Waals surface area contributed by atoms with Gasteiger partial charge in [-0.25, -0.2) is 4.39 Å². The molecule has 0 bridgehead atoms. The number of nitrogens with zero attached hydrogens (tertiary/aromatic N) is 2. The van der Waals surface area contributed by atoms with E-state index < -0.39 is 0 Å². The van der Waals surface area contributed by atoms with Crippen molar-refractivity contribution in [1.82, 2.24) is 9.80 Å². The van der Waals surface area contributed by atoms with Gasteiger partial charge in [-0.1, -0.05) is 24.3 Å². The van der Waals surface area contributed by atoms with Crippen molar-refractivity contribution in [2.45, 2.75) is 53.1 Å². The predicted octanol–water partition coefficient (Wildman–Crippen LogP) is 6.11. The maximum Gasteiger partial charge on any atom is 0.254 e. The molecule has 0 unspecified atom stereocenters. The Balaban J connectivity index is 1.59. The minimum Gasteiger partial charge on any atom is -0.465 e. The Morgan fingerprint density at radius 2 is 1.76 bits per heavy atom. The second kappa shape index (κ2) is 10.1. The third kappa shape index (κ3) is 5.25. The third-order valence-corrected chi connectivity index (χ3v) is 7.11. The molecule has 0 radical (unpaired) electrons. The van der Waals surface area contributed by atoms with Gasteiger partial charge in [0.2, 0.25) is 0 Å². The number of carbonyl (C=O) groups is 1. The van der Waals surface area contributed by atoms with Gasteiger partial charge >= 0.3 is 0 Å². The normalized spacial score (nSPS) is 18.6. The van der Waals surface area contributed by atoms with Gasteiger partial charge in [0.15, 0.2) is 0 Å². The van der Waals surface area contributed by atoms with E-state index in [1.807, 2.05) is 25.7 Å². The first kappa shape index (κ1) is 24.2. The second-order valence-electron chi connectivity index (χ2n) is 9.93. The fourth-order valence-electron chi connectivity index (χ4n) is 5.12. The summed E-state index contributed by atoms with van der Waals surface area (Å²) in [6, 6.07) is 16.6. The van der Waals surface area contributed by atoms with Crippen LogP contribution in [0.2, 0.25) is 0 Å². The lowest BCUT2D eigenvalue weighted by molar-refractivity contribution is 0.0668. The van der Waals surface area contributed by atoms with E-state index in [0.29, 0.717) is 18.0 Å². The van der Waals surface area contributed by atoms with Crippen LogP contribution in [0, 0.1) is 32.5 Å². The van der Waals surface area contributed by atoms with Crippen LogP contribution in [0.1, 0.15) is 58.3 Å². The molecule has 180 valence electrons. The van der Waals surface area contributed by atoms with Crippen molar-refractivity contribution >= 4 is 5.91 Å². The molecule has 2 atom stereocenters. The molecule has 0 aliphatic carbocycles. The van der Waals surface area contributed by atoms with Crippen LogP contribution in [0.3, 0.4) is 0 Å². The van der Waals surface area contributed by atoms with Gasteiger partial charge in [0.1, 0.15) is 17.3 Å². The Morgan fingerprint density at radius 1 is 1.06 bits per heavy atom. The highest BCUT2D eigenvalue weighted by atomic mass is 19.1. The molecule has 1 aliphatic rings. The molecule has 4 nitrogen and oxygen atoms in total. The average Bonchev–Trinajstić information content (AvgIpc) is 3.33. The topological polar surface area (TPSA) is 36.7 Å². The fraction of sp³-hybridized carbons (Fsp3) is 0.414. The maximum absolute atomic E-state index is 13.4. The van der Waals surface area contributed by atoms with Crippen LogP contribution in [-0.4, -0.2) is 41.4 Å². The standard InChI is InChI=1S/C29H35FN2O2/c1-19(2)32(29(33)23-10-12-25(30)13-11-23)16-24-15-31(17-26-14-21(4)22(5)34-26)18-28(24)27-9-7-6-8-20(27)3/h6-14,19,24,28H,15-18H2,1-5H3/t24-,28+/m0/s1. The summed E-state index contributed by atoms with van der Waals surface area (Å²) in [5.74, 6) is 2.18. The van der Waals surface area contributed by atoms with Gasteiger partial charge in [-0.15, -0.1) is 0 Å². The van der Waals surface area contributed by atoms with Crippen molar-refractivity contribution in [1.29, 1.82) is 0 Å². The SMILES string of the molecule is Cc1ccccc1[C@@H]1CN(Cc2cc(C)c(C)o2)C[C@H]1CN(C(=O)c1ccc(F)cc1)C(C)C. The molecule has 0 saturated carbocycles. The summed E-state index contributed by atoms with van der Waals surface area (Å²) in [5, 5.41) is 0. The first-order valence-corrected chi connectivity index (χ1v) is 12.1. The number of rotatable bonds is 7. The lowest BCUT2D eigenvalue weighted by Crippen LogP contribution is -2.42. The van der Waals surface area contributed by atoms with E-state index in [1.165, 1.54) is 28.8 Å². The Labute approximate surface area is 202 Å². The van der Waals surface area contributed by atoms with E-state index in [2.05, 4.69) is 49.1 Å². The van der Waals surface area contributed by atoms with E-state index in [9.17, 15) is 9.18 Å². The number of furan rings is 1. The van der Waals surface area contributed by atoms with Crippen LogP contribution < -0.4 is 0 Å². The average molecular weight is 463 g/mol. The van der Waals surface area contributed by atoms with E-state index in [-0.39, 0.29) is 23.7 Å². The number of hydrogen-bond acceptors (Lipinski definition) is 3. The highest BCUT2D eigenvalue weighted by Crippen LogP contribution is 2.36. The number of benzene rings is 2. The summed E-state index contributed by atoms with van der Waals surface area (Å²) in [5.41, 5.74) is 4.33. The van der Waals surface area contributed by atoms with E-state index in [1.54, 1.807) is 12.1 Å². The van der Waals surface area contributed by atoms with Crippen LogP contribution in [0.4, 0.5) is 4.39 Å². The monoisotopic (exact) mass is 462 g/mol. The van der Waals surface area contributed by atoms with Crippen molar-refractivity contribution in [3.63, 3.8) is 0 Å². The van der Waals surface area contributed by atoms with Crippen LogP contribution in [0.15, 0.2) is 59.0 Å². The van der Waals surface area contributed by atoms with E-state index >= 15 is 0 Å². The molecule has 2 aromatic carbocycles. The van der Waals surface area contributed by atoms with Gasteiger partial charge in [0.25, 0.3) is 5.91 Å². The first-order valence-electron chi connectivity index (χ1n) is 12.1. The molecule has 1 aromatic heterocycles. The Kier molecular flexibility index (Phi) is 7.22. The largest absolute Gasteiger partial charge is 0.465 e. The summed E-state index contributed by atoms with van der Waals surface area (Å²) in [4.78, 5) is 17.8. The van der Waals surface area contributed by atoms with Crippen LogP contribution >= 0.6 is 0 Å². The first-order chi connectivity index (χ1) is 16.2. The molecule has 1 fully saturated rings. The highest BCUT2D eigenvalue weighted by molar-refractivity contribution is 5.94. The molecule has 1 amide bonds. The Bertz CT molecular complexity index is 1120. The van der Waals surface area contributed by atoms with Crippen molar-refractivity contribution in [3.8, 4) is 0 Å². The lowest BCUT2D eigenvalue weighted by atomic mass is 9.86. The van der Waals surface area contributed by atoms with Crippen LogP contribution in [-0.2, 0) is 6.54 Å². The summed E-state index contributed by atoms with van der Waals surface area (Å²) in [7, 11) is 0. The number of amides is 1. The van der Waals surface area contributed by atoms with Crippen molar-refractivity contribution < 1.29 is 13.6 Å². The molecular formula is C29H35FN2O2. The van der Waals surface area contributed by atoms with Gasteiger partial charge in [-0.05, 0) is 87.6 Å². The van der Waals surface area contributed by atoms with Gasteiger partial charge in [-0.3, -0.25) is 9.69 Å². The summed E-state index contributed by atoms with van der Waals surface area (Å²) in [6.45, 7) is 13.6. The summed E-state index contributed by atoms with van der Waals surface area (Å²) < 4.78 is 19.4.